The van der Waals surface area contributed by atoms with E-state index in [-0.39, 0.29) is 17.5 Å². The van der Waals surface area contributed by atoms with Crippen LogP contribution in [0.4, 0.5) is 4.39 Å². The molecule has 1 atom stereocenters. The van der Waals surface area contributed by atoms with Gasteiger partial charge in [0.15, 0.2) is 0 Å². The number of nitrogens with zero attached hydrogens (tertiary/aromatic N) is 3. The van der Waals surface area contributed by atoms with Gasteiger partial charge in [0.25, 0.3) is 5.91 Å². The smallest absolute Gasteiger partial charge is 0.290 e. The fourth-order valence-electron chi connectivity index (χ4n) is 2.98. The highest BCUT2D eigenvalue weighted by Crippen LogP contribution is 2.20. The number of para-hydroxylation sites is 2. The van der Waals surface area contributed by atoms with Crippen LogP contribution in [0.3, 0.4) is 0 Å². The van der Waals surface area contributed by atoms with Gasteiger partial charge in [-0.3, -0.25) is 4.79 Å². The molecule has 2 aromatic carbocycles. The van der Waals surface area contributed by atoms with Gasteiger partial charge in [-0.2, -0.15) is 0 Å². The van der Waals surface area contributed by atoms with Crippen molar-refractivity contribution in [2.45, 2.75) is 19.5 Å². The van der Waals surface area contributed by atoms with Crippen molar-refractivity contribution in [3.05, 3.63) is 83.8 Å². The minimum Gasteiger partial charge on any atom is -0.351 e. The van der Waals surface area contributed by atoms with E-state index in [2.05, 4.69) is 15.5 Å². The van der Waals surface area contributed by atoms with Gasteiger partial charge in [0.1, 0.15) is 5.82 Å². The Morgan fingerprint density at radius 2 is 2.00 bits per heavy atom. The van der Waals surface area contributed by atoms with Crippen molar-refractivity contribution >= 4 is 16.9 Å². The zero-order valence-electron chi connectivity index (χ0n) is 14.6. The van der Waals surface area contributed by atoms with E-state index in [1.54, 1.807) is 31.5 Å². The molecule has 1 unspecified atom stereocenters. The summed E-state index contributed by atoms with van der Waals surface area (Å²) < 4.78 is 20.3. The third-order valence-corrected chi connectivity index (χ3v) is 4.34. The first kappa shape index (κ1) is 17.0. The molecule has 1 amide bonds. The number of hydrogen-bond acceptors (Lipinski definition) is 4. The quantitative estimate of drug-likeness (QED) is 0.587. The van der Waals surface area contributed by atoms with Gasteiger partial charge in [0, 0.05) is 12.6 Å². The molecule has 6 nitrogen and oxygen atoms in total. The lowest BCUT2D eigenvalue weighted by atomic mass is 10.1. The van der Waals surface area contributed by atoms with Gasteiger partial charge < -0.3 is 14.4 Å². The minimum atomic E-state index is -0.402. The average molecular weight is 364 g/mol. The predicted molar refractivity (Wildman–Crippen MR) is 97.6 cm³/mol. The van der Waals surface area contributed by atoms with Crippen molar-refractivity contribution in [3.8, 4) is 0 Å². The molecule has 0 aliphatic heterocycles. The zero-order chi connectivity index (χ0) is 18.8. The van der Waals surface area contributed by atoms with E-state index in [0.29, 0.717) is 12.2 Å². The van der Waals surface area contributed by atoms with E-state index in [1.807, 2.05) is 28.8 Å². The van der Waals surface area contributed by atoms with Crippen molar-refractivity contribution in [2.75, 3.05) is 0 Å². The van der Waals surface area contributed by atoms with Crippen LogP contribution in [-0.4, -0.2) is 20.6 Å². The number of aromatic nitrogens is 3. The number of fused-ring (bicyclic) bond motifs is 1. The van der Waals surface area contributed by atoms with Gasteiger partial charge in [0.2, 0.25) is 5.76 Å². The summed E-state index contributed by atoms with van der Waals surface area (Å²) in [6.45, 7) is 2.18. The maximum Gasteiger partial charge on any atom is 0.290 e. The Balaban J connectivity index is 1.65. The monoisotopic (exact) mass is 364 g/mol. The normalized spacial score (nSPS) is 12.2. The van der Waals surface area contributed by atoms with Gasteiger partial charge in [-0.15, -0.1) is 0 Å². The standard InChI is InChI=1S/C20H17FN4O2/c1-13-10-19(27-24-13)20(26)23-17(14-6-8-15(21)9-7-14)11-25-12-22-16-4-2-3-5-18(16)25/h2-10,12,17H,11H2,1H3,(H,23,26). The first-order valence-electron chi connectivity index (χ1n) is 8.49. The molecule has 1 N–H and O–H groups in total. The number of benzene rings is 2. The van der Waals surface area contributed by atoms with Crippen LogP contribution >= 0.6 is 0 Å². The van der Waals surface area contributed by atoms with E-state index in [0.717, 1.165) is 16.6 Å². The number of carbonyl (C=O) groups excluding carboxylic acids is 1. The molecule has 0 aliphatic carbocycles. The lowest BCUT2D eigenvalue weighted by molar-refractivity contribution is 0.0895. The predicted octanol–water partition coefficient (Wildman–Crippen LogP) is 3.64. The summed E-state index contributed by atoms with van der Waals surface area (Å²) in [5, 5.41) is 6.69. The van der Waals surface area contributed by atoms with Gasteiger partial charge in [-0.25, -0.2) is 9.37 Å². The average Bonchev–Trinajstić information content (AvgIpc) is 3.28. The number of imidazole rings is 1. The topological polar surface area (TPSA) is 73.0 Å². The third-order valence-electron chi connectivity index (χ3n) is 4.34. The molecule has 0 radical (unpaired) electrons. The number of halogens is 1. The van der Waals surface area contributed by atoms with Crippen molar-refractivity contribution in [1.82, 2.24) is 20.0 Å². The molecule has 0 fully saturated rings. The number of aryl methyl sites for hydroxylation is 1. The van der Waals surface area contributed by atoms with Crippen molar-refractivity contribution in [3.63, 3.8) is 0 Å². The molecule has 27 heavy (non-hydrogen) atoms. The number of nitrogens with one attached hydrogen (secondary N) is 1. The van der Waals surface area contributed by atoms with E-state index in [1.165, 1.54) is 12.1 Å². The van der Waals surface area contributed by atoms with Crippen LogP contribution in [0.1, 0.15) is 27.9 Å². The molecule has 136 valence electrons. The summed E-state index contributed by atoms with van der Waals surface area (Å²) in [5.41, 5.74) is 3.22. The summed E-state index contributed by atoms with van der Waals surface area (Å²) in [6.07, 6.45) is 1.73. The summed E-state index contributed by atoms with van der Waals surface area (Å²) in [6, 6.07) is 15.0. The molecule has 2 aromatic heterocycles. The molecule has 0 bridgehead atoms. The summed E-state index contributed by atoms with van der Waals surface area (Å²) in [7, 11) is 0. The maximum absolute atomic E-state index is 13.3. The largest absolute Gasteiger partial charge is 0.351 e. The second-order valence-corrected chi connectivity index (χ2v) is 6.30. The molecular weight excluding hydrogens is 347 g/mol. The molecule has 4 aromatic rings. The van der Waals surface area contributed by atoms with Crippen molar-refractivity contribution in [2.24, 2.45) is 0 Å². The van der Waals surface area contributed by atoms with Gasteiger partial charge >= 0.3 is 0 Å². The molecule has 0 saturated carbocycles. The molecule has 0 aliphatic rings. The summed E-state index contributed by atoms with van der Waals surface area (Å²) >= 11 is 0. The highest BCUT2D eigenvalue weighted by molar-refractivity contribution is 5.91. The molecule has 4 rings (SSSR count). The van der Waals surface area contributed by atoms with Crippen LogP contribution in [0.15, 0.2) is 65.4 Å². The van der Waals surface area contributed by atoms with E-state index in [9.17, 15) is 9.18 Å². The Kier molecular flexibility index (Phi) is 4.42. The van der Waals surface area contributed by atoms with Crippen molar-refractivity contribution < 1.29 is 13.7 Å². The second kappa shape index (κ2) is 7.03. The molecular formula is C20H17FN4O2. The lowest BCUT2D eigenvalue weighted by Gasteiger charge is -2.19. The highest BCUT2D eigenvalue weighted by Gasteiger charge is 2.20. The summed E-state index contributed by atoms with van der Waals surface area (Å²) in [4.78, 5) is 16.9. The van der Waals surface area contributed by atoms with Crippen LogP contribution in [0.25, 0.3) is 11.0 Å². The molecule has 7 heteroatoms. The zero-order valence-corrected chi connectivity index (χ0v) is 14.6. The number of rotatable bonds is 5. The number of amides is 1. The lowest BCUT2D eigenvalue weighted by Crippen LogP contribution is -2.31. The van der Waals surface area contributed by atoms with E-state index >= 15 is 0 Å². The van der Waals surface area contributed by atoms with Crippen LogP contribution < -0.4 is 5.32 Å². The van der Waals surface area contributed by atoms with Gasteiger partial charge in [0.05, 0.1) is 29.1 Å². The second-order valence-electron chi connectivity index (χ2n) is 6.30. The van der Waals surface area contributed by atoms with Crippen LogP contribution in [0.5, 0.6) is 0 Å². The Hall–Kier alpha value is -3.48. The molecule has 0 spiro atoms. The van der Waals surface area contributed by atoms with E-state index < -0.39 is 6.04 Å². The van der Waals surface area contributed by atoms with Crippen LogP contribution in [0.2, 0.25) is 0 Å². The Morgan fingerprint density at radius 3 is 2.74 bits per heavy atom. The van der Waals surface area contributed by atoms with Gasteiger partial charge in [-0.05, 0) is 36.8 Å². The fourth-order valence-corrected chi connectivity index (χ4v) is 2.98. The van der Waals surface area contributed by atoms with Crippen molar-refractivity contribution in [1.29, 1.82) is 0 Å². The first-order chi connectivity index (χ1) is 13.1. The maximum atomic E-state index is 13.3. The van der Waals surface area contributed by atoms with Crippen LogP contribution in [0, 0.1) is 12.7 Å². The Labute approximate surface area is 154 Å². The molecule has 0 saturated heterocycles. The fraction of sp³-hybridized carbons (Fsp3) is 0.150. The summed E-state index contributed by atoms with van der Waals surface area (Å²) in [5.74, 6) is -0.577. The SMILES string of the molecule is Cc1cc(C(=O)NC(Cn2cnc3ccccc32)c2ccc(F)cc2)on1. The van der Waals surface area contributed by atoms with Crippen LogP contribution in [-0.2, 0) is 6.54 Å². The number of carbonyl (C=O) groups is 1. The molecule has 2 heterocycles. The third kappa shape index (κ3) is 3.57. The van der Waals surface area contributed by atoms with Gasteiger partial charge in [-0.1, -0.05) is 29.4 Å². The highest BCUT2D eigenvalue weighted by atomic mass is 19.1. The number of hydrogen-bond donors (Lipinski definition) is 1. The Morgan fingerprint density at radius 1 is 1.22 bits per heavy atom. The minimum absolute atomic E-state index is 0.134. The first-order valence-corrected chi connectivity index (χ1v) is 8.49. The van der Waals surface area contributed by atoms with E-state index in [4.69, 9.17) is 4.52 Å². The Bertz CT molecular complexity index is 1080.